The van der Waals surface area contributed by atoms with Gasteiger partial charge in [-0.15, -0.1) is 0 Å². The number of hydrogen-bond acceptors (Lipinski definition) is 2. The van der Waals surface area contributed by atoms with Gasteiger partial charge in [-0.1, -0.05) is 29.8 Å². The normalized spacial score (nSPS) is 18.5. The highest BCUT2D eigenvalue weighted by Crippen LogP contribution is 2.33. The van der Waals surface area contributed by atoms with Gasteiger partial charge in [-0.25, -0.2) is 0 Å². The van der Waals surface area contributed by atoms with Crippen LogP contribution in [0.25, 0.3) is 0 Å². The largest absolute Gasteiger partial charge is 0.490 e. The van der Waals surface area contributed by atoms with E-state index in [1.165, 1.54) is 5.56 Å². The summed E-state index contributed by atoms with van der Waals surface area (Å²) in [4.78, 5) is 0. The van der Waals surface area contributed by atoms with Crippen molar-refractivity contribution in [2.75, 3.05) is 0 Å². The predicted molar refractivity (Wildman–Crippen MR) is 82.5 cm³/mol. The van der Waals surface area contributed by atoms with E-state index in [0.717, 1.165) is 33.9 Å². The zero-order chi connectivity index (χ0) is 14.3. The lowest BCUT2D eigenvalue weighted by atomic mass is 9.94. The Bertz CT molecular complexity index is 653. The quantitative estimate of drug-likeness (QED) is 0.905. The lowest BCUT2D eigenvalue weighted by Gasteiger charge is -2.16. The van der Waals surface area contributed by atoms with Crippen molar-refractivity contribution in [1.29, 1.82) is 0 Å². The van der Waals surface area contributed by atoms with Crippen LogP contribution >= 0.6 is 11.6 Å². The third-order valence-electron chi connectivity index (χ3n) is 3.85. The Hall–Kier alpha value is -1.51. The molecule has 2 atom stereocenters. The number of ether oxygens (including phenoxy) is 1. The minimum absolute atomic E-state index is 0.131. The first-order valence-electron chi connectivity index (χ1n) is 6.85. The standard InChI is InChI=1S/C17H18ClNO/c1-10-7-14(18)4-5-15(10)17(19)12-3-6-16-13(9-12)8-11(2)20-16/h3-7,9,11,17H,8,19H2,1-2H3. The van der Waals surface area contributed by atoms with E-state index in [9.17, 15) is 0 Å². The fraction of sp³-hybridized carbons (Fsp3) is 0.294. The molecule has 1 aliphatic rings. The van der Waals surface area contributed by atoms with Crippen molar-refractivity contribution >= 4 is 11.6 Å². The average molecular weight is 288 g/mol. The molecule has 0 bridgehead atoms. The number of halogens is 1. The fourth-order valence-corrected chi connectivity index (χ4v) is 3.03. The van der Waals surface area contributed by atoms with Crippen LogP contribution in [0, 0.1) is 6.92 Å². The third-order valence-corrected chi connectivity index (χ3v) is 4.08. The fourth-order valence-electron chi connectivity index (χ4n) is 2.80. The van der Waals surface area contributed by atoms with Gasteiger partial charge in [0.1, 0.15) is 11.9 Å². The topological polar surface area (TPSA) is 35.2 Å². The van der Waals surface area contributed by atoms with Crippen molar-refractivity contribution in [2.24, 2.45) is 5.73 Å². The van der Waals surface area contributed by atoms with Gasteiger partial charge in [0.05, 0.1) is 6.04 Å². The zero-order valence-electron chi connectivity index (χ0n) is 11.7. The van der Waals surface area contributed by atoms with E-state index in [1.54, 1.807) is 0 Å². The van der Waals surface area contributed by atoms with Crippen LogP contribution in [0.2, 0.25) is 5.02 Å². The molecule has 2 aromatic carbocycles. The van der Waals surface area contributed by atoms with E-state index in [4.69, 9.17) is 22.1 Å². The zero-order valence-corrected chi connectivity index (χ0v) is 12.4. The van der Waals surface area contributed by atoms with Gasteiger partial charge in [-0.2, -0.15) is 0 Å². The van der Waals surface area contributed by atoms with Crippen LogP contribution in [0.5, 0.6) is 5.75 Å². The van der Waals surface area contributed by atoms with Crippen LogP contribution in [0.4, 0.5) is 0 Å². The molecular weight excluding hydrogens is 270 g/mol. The molecule has 3 rings (SSSR count). The second kappa shape index (κ2) is 5.12. The Morgan fingerprint density at radius 3 is 2.80 bits per heavy atom. The number of nitrogens with two attached hydrogens (primary N) is 1. The minimum atomic E-state index is -0.131. The van der Waals surface area contributed by atoms with E-state index >= 15 is 0 Å². The molecule has 0 saturated heterocycles. The maximum atomic E-state index is 6.41. The molecule has 0 aliphatic carbocycles. The van der Waals surface area contributed by atoms with Crippen molar-refractivity contribution in [2.45, 2.75) is 32.4 Å². The van der Waals surface area contributed by atoms with Crippen molar-refractivity contribution in [3.8, 4) is 5.75 Å². The van der Waals surface area contributed by atoms with Gasteiger partial charge in [0.2, 0.25) is 0 Å². The van der Waals surface area contributed by atoms with Crippen LogP contribution in [-0.4, -0.2) is 6.10 Å². The Morgan fingerprint density at radius 2 is 2.05 bits per heavy atom. The summed E-state index contributed by atoms with van der Waals surface area (Å²) in [6, 6.07) is 12.0. The summed E-state index contributed by atoms with van der Waals surface area (Å²) in [5, 5.41) is 0.745. The summed E-state index contributed by atoms with van der Waals surface area (Å²) in [7, 11) is 0. The van der Waals surface area contributed by atoms with Gasteiger partial charge in [0.25, 0.3) is 0 Å². The molecule has 0 aromatic heterocycles. The van der Waals surface area contributed by atoms with Gasteiger partial charge in [-0.3, -0.25) is 0 Å². The second-order valence-corrected chi connectivity index (χ2v) is 5.91. The third kappa shape index (κ3) is 2.41. The monoisotopic (exact) mass is 287 g/mol. The maximum Gasteiger partial charge on any atom is 0.123 e. The summed E-state index contributed by atoms with van der Waals surface area (Å²) in [5.41, 5.74) is 11.0. The van der Waals surface area contributed by atoms with Gasteiger partial charge in [0, 0.05) is 11.4 Å². The Labute approximate surface area is 124 Å². The van der Waals surface area contributed by atoms with Gasteiger partial charge in [-0.05, 0) is 54.3 Å². The highest BCUT2D eigenvalue weighted by molar-refractivity contribution is 6.30. The van der Waals surface area contributed by atoms with E-state index in [0.29, 0.717) is 0 Å². The molecule has 104 valence electrons. The second-order valence-electron chi connectivity index (χ2n) is 5.48. The molecule has 2 nitrogen and oxygen atoms in total. The van der Waals surface area contributed by atoms with Crippen molar-refractivity contribution in [1.82, 2.24) is 0 Å². The number of fused-ring (bicyclic) bond motifs is 1. The first-order chi connectivity index (χ1) is 9.54. The first-order valence-corrected chi connectivity index (χ1v) is 7.23. The average Bonchev–Trinajstić information content (AvgIpc) is 2.77. The molecule has 2 unspecified atom stereocenters. The summed E-state index contributed by atoms with van der Waals surface area (Å²) in [5.74, 6) is 0.987. The van der Waals surface area contributed by atoms with Crippen LogP contribution in [0.15, 0.2) is 36.4 Å². The van der Waals surface area contributed by atoms with Crippen LogP contribution in [0.3, 0.4) is 0 Å². The van der Waals surface area contributed by atoms with Crippen molar-refractivity contribution < 1.29 is 4.74 Å². The first kappa shape index (κ1) is 13.5. The number of rotatable bonds is 2. The predicted octanol–water partition coefficient (Wildman–Crippen LogP) is 4.02. The maximum absolute atomic E-state index is 6.41. The molecule has 20 heavy (non-hydrogen) atoms. The SMILES string of the molecule is Cc1cc(Cl)ccc1C(N)c1ccc2c(c1)CC(C)O2. The molecule has 0 radical (unpaired) electrons. The lowest BCUT2D eigenvalue weighted by molar-refractivity contribution is 0.254. The molecule has 2 aromatic rings. The van der Waals surface area contributed by atoms with Gasteiger partial charge >= 0.3 is 0 Å². The van der Waals surface area contributed by atoms with E-state index in [1.807, 2.05) is 31.2 Å². The summed E-state index contributed by atoms with van der Waals surface area (Å²) >= 11 is 6.00. The molecule has 0 fully saturated rings. The molecule has 0 spiro atoms. The Morgan fingerprint density at radius 1 is 1.25 bits per heavy atom. The summed E-state index contributed by atoms with van der Waals surface area (Å²) in [6.07, 6.45) is 1.21. The minimum Gasteiger partial charge on any atom is -0.490 e. The molecular formula is C17H18ClNO. The number of benzene rings is 2. The molecule has 0 saturated carbocycles. The highest BCUT2D eigenvalue weighted by atomic mass is 35.5. The van der Waals surface area contributed by atoms with Gasteiger partial charge in [0.15, 0.2) is 0 Å². The smallest absolute Gasteiger partial charge is 0.123 e. The Kier molecular flexibility index (Phi) is 3.45. The van der Waals surface area contributed by atoms with Crippen LogP contribution in [-0.2, 0) is 6.42 Å². The van der Waals surface area contributed by atoms with Crippen molar-refractivity contribution in [3.63, 3.8) is 0 Å². The highest BCUT2D eigenvalue weighted by Gasteiger charge is 2.21. The molecule has 1 aliphatic heterocycles. The number of hydrogen-bond donors (Lipinski definition) is 1. The van der Waals surface area contributed by atoms with E-state index < -0.39 is 0 Å². The van der Waals surface area contributed by atoms with E-state index in [2.05, 4.69) is 19.1 Å². The Balaban J connectivity index is 1.95. The summed E-state index contributed by atoms with van der Waals surface area (Å²) in [6.45, 7) is 4.13. The summed E-state index contributed by atoms with van der Waals surface area (Å²) < 4.78 is 5.73. The van der Waals surface area contributed by atoms with Gasteiger partial charge < -0.3 is 10.5 Å². The molecule has 3 heteroatoms. The van der Waals surface area contributed by atoms with Crippen molar-refractivity contribution in [3.05, 3.63) is 63.7 Å². The van der Waals surface area contributed by atoms with Crippen LogP contribution < -0.4 is 10.5 Å². The number of aryl methyl sites for hydroxylation is 1. The molecule has 1 heterocycles. The molecule has 0 amide bonds. The van der Waals surface area contributed by atoms with E-state index in [-0.39, 0.29) is 12.1 Å². The lowest BCUT2D eigenvalue weighted by Crippen LogP contribution is -2.13. The molecule has 2 N–H and O–H groups in total. The van der Waals surface area contributed by atoms with Crippen LogP contribution in [0.1, 0.15) is 35.2 Å².